The minimum absolute atomic E-state index is 0.0155. The van der Waals surface area contributed by atoms with Crippen molar-refractivity contribution in [3.05, 3.63) is 51.6 Å². The lowest BCUT2D eigenvalue weighted by molar-refractivity contribution is -0.123. The molecule has 0 saturated heterocycles. The van der Waals surface area contributed by atoms with Gasteiger partial charge in [-0.3, -0.25) is 4.79 Å². The average molecular weight is 411 g/mol. The SMILES string of the molecule is CCOC(=O)c1c(C)[nH]c(C(=O)OC(C)C(=O)Nc2ccc(F)cc2Cl)c1C. The van der Waals surface area contributed by atoms with E-state index in [1.807, 2.05) is 0 Å². The number of H-pyrrole nitrogens is 1. The zero-order valence-electron chi connectivity index (χ0n) is 15.8. The molecule has 0 aliphatic carbocycles. The van der Waals surface area contributed by atoms with E-state index in [1.165, 1.54) is 13.0 Å². The second-order valence-corrected chi connectivity index (χ2v) is 6.41. The Bertz CT molecular complexity index is 925. The molecule has 0 fully saturated rings. The fourth-order valence-corrected chi connectivity index (χ4v) is 2.78. The maximum atomic E-state index is 13.1. The summed E-state index contributed by atoms with van der Waals surface area (Å²) in [6, 6.07) is 3.49. The van der Waals surface area contributed by atoms with Crippen molar-refractivity contribution in [2.24, 2.45) is 0 Å². The number of nitrogens with one attached hydrogen (secondary N) is 2. The molecule has 7 nitrogen and oxygen atoms in total. The summed E-state index contributed by atoms with van der Waals surface area (Å²) in [4.78, 5) is 39.5. The van der Waals surface area contributed by atoms with E-state index in [9.17, 15) is 18.8 Å². The van der Waals surface area contributed by atoms with Crippen molar-refractivity contribution in [3.63, 3.8) is 0 Å². The molecule has 0 aliphatic rings. The van der Waals surface area contributed by atoms with Gasteiger partial charge in [0.15, 0.2) is 6.10 Å². The van der Waals surface area contributed by atoms with Crippen LogP contribution in [-0.4, -0.2) is 35.5 Å². The summed E-state index contributed by atoms with van der Waals surface area (Å²) >= 11 is 5.86. The van der Waals surface area contributed by atoms with E-state index in [2.05, 4.69) is 10.3 Å². The van der Waals surface area contributed by atoms with Crippen molar-refractivity contribution >= 4 is 35.1 Å². The molecule has 0 spiro atoms. The van der Waals surface area contributed by atoms with Gasteiger partial charge in [0.1, 0.15) is 11.5 Å². The number of aromatic nitrogens is 1. The second-order valence-electron chi connectivity index (χ2n) is 6.01. The molecule has 1 aromatic heterocycles. The molecular formula is C19H20ClFN2O5. The largest absolute Gasteiger partial charge is 0.462 e. The lowest BCUT2D eigenvalue weighted by Crippen LogP contribution is -2.30. The molecule has 0 bridgehead atoms. The van der Waals surface area contributed by atoms with Crippen molar-refractivity contribution in [3.8, 4) is 0 Å². The first-order valence-electron chi connectivity index (χ1n) is 8.48. The third-order valence-electron chi connectivity index (χ3n) is 3.96. The molecule has 1 heterocycles. The molecule has 1 unspecified atom stereocenters. The zero-order valence-corrected chi connectivity index (χ0v) is 16.6. The van der Waals surface area contributed by atoms with Gasteiger partial charge in [0.25, 0.3) is 5.91 Å². The molecule has 1 atom stereocenters. The van der Waals surface area contributed by atoms with Crippen LogP contribution in [0.1, 0.15) is 46.0 Å². The van der Waals surface area contributed by atoms with Crippen LogP contribution in [0.4, 0.5) is 10.1 Å². The highest BCUT2D eigenvalue weighted by Gasteiger charge is 2.26. The fourth-order valence-electron chi connectivity index (χ4n) is 2.56. The number of benzene rings is 1. The number of rotatable bonds is 6. The monoisotopic (exact) mass is 410 g/mol. The molecule has 1 amide bonds. The van der Waals surface area contributed by atoms with E-state index in [0.717, 1.165) is 12.1 Å². The van der Waals surface area contributed by atoms with Gasteiger partial charge in [-0.05, 0) is 51.5 Å². The number of carbonyl (C=O) groups is 3. The summed E-state index contributed by atoms with van der Waals surface area (Å²) in [7, 11) is 0. The third-order valence-corrected chi connectivity index (χ3v) is 4.28. The van der Waals surface area contributed by atoms with Gasteiger partial charge in [-0.1, -0.05) is 11.6 Å². The van der Waals surface area contributed by atoms with Gasteiger partial charge in [0.05, 0.1) is 22.9 Å². The molecule has 2 N–H and O–H groups in total. The zero-order chi connectivity index (χ0) is 21.0. The van der Waals surface area contributed by atoms with Crippen LogP contribution < -0.4 is 5.32 Å². The van der Waals surface area contributed by atoms with Crippen LogP contribution in [0, 0.1) is 19.7 Å². The molecule has 0 saturated carbocycles. The van der Waals surface area contributed by atoms with Gasteiger partial charge < -0.3 is 19.8 Å². The Morgan fingerprint density at radius 1 is 1.25 bits per heavy atom. The van der Waals surface area contributed by atoms with Crippen LogP contribution in [0.3, 0.4) is 0 Å². The molecule has 28 heavy (non-hydrogen) atoms. The van der Waals surface area contributed by atoms with Crippen molar-refractivity contribution in [2.45, 2.75) is 33.8 Å². The van der Waals surface area contributed by atoms with Crippen molar-refractivity contribution in [2.75, 3.05) is 11.9 Å². The molecule has 2 rings (SSSR count). The van der Waals surface area contributed by atoms with E-state index in [-0.39, 0.29) is 28.6 Å². The van der Waals surface area contributed by atoms with Crippen LogP contribution in [0.5, 0.6) is 0 Å². The number of aryl methyl sites for hydroxylation is 1. The summed E-state index contributed by atoms with van der Waals surface area (Å²) in [6.07, 6.45) is -1.16. The molecule has 1 aromatic carbocycles. The quantitative estimate of drug-likeness (QED) is 0.706. The van der Waals surface area contributed by atoms with Crippen LogP contribution in [0.2, 0.25) is 5.02 Å². The van der Waals surface area contributed by atoms with Gasteiger partial charge >= 0.3 is 11.9 Å². The number of carbonyl (C=O) groups excluding carboxylic acids is 3. The summed E-state index contributed by atoms with van der Waals surface area (Å²) in [5, 5.41) is 2.48. The van der Waals surface area contributed by atoms with Crippen molar-refractivity contribution < 1.29 is 28.2 Å². The fraction of sp³-hybridized carbons (Fsp3) is 0.316. The summed E-state index contributed by atoms with van der Waals surface area (Å²) in [6.45, 7) is 6.46. The standard InChI is InChI=1S/C19H20ClFN2O5/c1-5-27-18(25)15-9(2)16(22-10(15)3)19(26)28-11(4)17(24)23-14-7-6-12(21)8-13(14)20/h6-8,11,22H,5H2,1-4H3,(H,23,24). The van der Waals surface area contributed by atoms with Gasteiger partial charge in [0, 0.05) is 5.69 Å². The minimum atomic E-state index is -1.16. The van der Waals surface area contributed by atoms with Crippen LogP contribution in [-0.2, 0) is 14.3 Å². The van der Waals surface area contributed by atoms with Gasteiger partial charge in [-0.15, -0.1) is 0 Å². The van der Waals surface area contributed by atoms with E-state index >= 15 is 0 Å². The third kappa shape index (κ3) is 4.69. The van der Waals surface area contributed by atoms with Crippen LogP contribution in [0.25, 0.3) is 0 Å². The number of hydrogen-bond acceptors (Lipinski definition) is 5. The number of hydrogen-bond donors (Lipinski definition) is 2. The first-order valence-corrected chi connectivity index (χ1v) is 8.86. The Labute approximate surface area is 166 Å². The first-order chi connectivity index (χ1) is 13.1. The number of anilines is 1. The molecule has 9 heteroatoms. The predicted molar refractivity (Wildman–Crippen MR) is 101 cm³/mol. The Kier molecular flexibility index (Phi) is 6.80. The molecule has 0 aliphatic heterocycles. The van der Waals surface area contributed by atoms with Gasteiger partial charge in [0.2, 0.25) is 0 Å². The van der Waals surface area contributed by atoms with Crippen molar-refractivity contribution in [1.29, 1.82) is 0 Å². The Morgan fingerprint density at radius 2 is 1.93 bits per heavy atom. The second kappa shape index (κ2) is 8.88. The summed E-state index contributed by atoms with van der Waals surface area (Å²) in [5.74, 6) is -2.54. The predicted octanol–water partition coefficient (Wildman–Crippen LogP) is 3.78. The highest BCUT2D eigenvalue weighted by atomic mass is 35.5. The van der Waals surface area contributed by atoms with Crippen LogP contribution >= 0.6 is 11.6 Å². The number of ether oxygens (including phenoxy) is 2. The highest BCUT2D eigenvalue weighted by Crippen LogP contribution is 2.23. The van der Waals surface area contributed by atoms with Crippen LogP contribution in [0.15, 0.2) is 18.2 Å². The average Bonchev–Trinajstić information content (AvgIpc) is 2.92. The van der Waals surface area contributed by atoms with E-state index < -0.39 is 29.8 Å². The Morgan fingerprint density at radius 3 is 2.54 bits per heavy atom. The smallest absolute Gasteiger partial charge is 0.355 e. The van der Waals surface area contributed by atoms with Gasteiger partial charge in [-0.25, -0.2) is 14.0 Å². The molecule has 2 aromatic rings. The van der Waals surface area contributed by atoms with E-state index in [0.29, 0.717) is 11.3 Å². The van der Waals surface area contributed by atoms with Crippen molar-refractivity contribution in [1.82, 2.24) is 4.98 Å². The topological polar surface area (TPSA) is 97.5 Å². The summed E-state index contributed by atoms with van der Waals surface area (Å²) in [5.41, 5.74) is 1.32. The Hall–Kier alpha value is -2.87. The molecular weight excluding hydrogens is 391 g/mol. The normalized spacial score (nSPS) is 11.6. The van der Waals surface area contributed by atoms with Gasteiger partial charge in [-0.2, -0.15) is 0 Å². The number of amides is 1. The maximum absolute atomic E-state index is 13.1. The molecule has 150 valence electrons. The highest BCUT2D eigenvalue weighted by molar-refractivity contribution is 6.33. The number of esters is 2. The maximum Gasteiger partial charge on any atom is 0.355 e. The molecule has 0 radical (unpaired) electrons. The Balaban J connectivity index is 2.10. The first kappa shape index (κ1) is 21.4. The summed E-state index contributed by atoms with van der Waals surface area (Å²) < 4.78 is 23.2. The number of aromatic amines is 1. The lowest BCUT2D eigenvalue weighted by Gasteiger charge is -2.14. The minimum Gasteiger partial charge on any atom is -0.462 e. The van der Waals surface area contributed by atoms with E-state index in [1.54, 1.807) is 20.8 Å². The van der Waals surface area contributed by atoms with E-state index in [4.69, 9.17) is 21.1 Å². The number of halogens is 2. The lowest BCUT2D eigenvalue weighted by atomic mass is 10.1.